The van der Waals surface area contributed by atoms with E-state index < -0.39 is 114 Å². The van der Waals surface area contributed by atoms with Crippen LogP contribution in [0.15, 0.2) is 11.6 Å². The first-order valence-electron chi connectivity index (χ1n) is 30.3. The summed E-state index contributed by atoms with van der Waals surface area (Å²) in [6.45, 7) is -12.4. The molecular weight excluding hydrogens is 781 g/mol. The van der Waals surface area contributed by atoms with Crippen molar-refractivity contribution in [2.75, 3.05) is 13.2 Å². The SMILES string of the molecule is [2H]C([2H])([2H])C(=O)OC[C@H]1O[C@@H](OC/C(=C/[C@H](CCCCCCCCCCCC(C)CC)OC(=O)C([2H])([2H])[2H])CCCCCCCCCCCCCC)[C@H](OC(=O)C([2H])([2H])[2H])[C@@H](OC(=O)C([2H])([2H])[2H])[C@@H]1OC(=O)C([2H])([2H])[2H]. The van der Waals surface area contributed by atoms with E-state index in [0.717, 1.165) is 76.5 Å². The average molecular weight is 882 g/mol. The van der Waals surface area contributed by atoms with Crippen molar-refractivity contribution in [2.45, 2.75) is 252 Å². The maximum absolute atomic E-state index is 13.1. The van der Waals surface area contributed by atoms with E-state index in [4.69, 9.17) is 53.7 Å². The molecule has 0 radical (unpaired) electrons. The number of carbonyl (C=O) groups excluding carboxylic acids is 5. The summed E-state index contributed by atoms with van der Waals surface area (Å²) in [6.07, 6.45) is 12.7. The highest BCUT2D eigenvalue weighted by atomic mass is 16.7. The molecule has 0 aromatic rings. The van der Waals surface area contributed by atoms with Crippen LogP contribution < -0.4 is 0 Å². The predicted molar refractivity (Wildman–Crippen MR) is 237 cm³/mol. The topological polar surface area (TPSA) is 150 Å². The molecule has 1 rings (SSSR count). The van der Waals surface area contributed by atoms with E-state index in [9.17, 15) is 24.0 Å². The molecule has 0 saturated carbocycles. The van der Waals surface area contributed by atoms with Gasteiger partial charge in [-0.1, -0.05) is 156 Å². The summed E-state index contributed by atoms with van der Waals surface area (Å²) in [5, 5.41) is 0. The Morgan fingerprint density at radius 1 is 0.574 bits per heavy atom. The number of carbonyl (C=O) groups is 5. The van der Waals surface area contributed by atoms with E-state index in [1.54, 1.807) is 0 Å². The van der Waals surface area contributed by atoms with Gasteiger partial charge in [0.05, 0.1) is 6.61 Å². The van der Waals surface area contributed by atoms with E-state index in [1.165, 1.54) is 63.9 Å². The smallest absolute Gasteiger partial charge is 0.303 e. The van der Waals surface area contributed by atoms with Crippen LogP contribution in [0.4, 0.5) is 0 Å². The molecule has 0 aromatic carbocycles. The lowest BCUT2D eigenvalue weighted by Crippen LogP contribution is -2.63. The first kappa shape index (κ1) is 35.4. The third kappa shape index (κ3) is 29.1. The van der Waals surface area contributed by atoms with Crippen LogP contribution in [0.25, 0.3) is 0 Å². The molecule has 1 unspecified atom stereocenters. The van der Waals surface area contributed by atoms with Crippen molar-refractivity contribution < 1.29 is 77.7 Å². The van der Waals surface area contributed by atoms with Crippen molar-refractivity contribution in [1.29, 1.82) is 0 Å². The summed E-state index contributed by atoms with van der Waals surface area (Å²) >= 11 is 0. The van der Waals surface area contributed by atoms with Crippen LogP contribution in [0.2, 0.25) is 0 Å². The number of ether oxygens (including phenoxy) is 7. The van der Waals surface area contributed by atoms with Crippen molar-refractivity contribution in [3.8, 4) is 0 Å². The number of hydrogen-bond donors (Lipinski definition) is 0. The van der Waals surface area contributed by atoms with Crippen LogP contribution in [-0.4, -0.2) is 79.9 Å². The van der Waals surface area contributed by atoms with Gasteiger partial charge in [-0.15, -0.1) is 0 Å². The van der Waals surface area contributed by atoms with E-state index in [-0.39, 0.29) is 12.8 Å². The Balaban J connectivity index is 3.73. The van der Waals surface area contributed by atoms with Crippen LogP contribution in [0.5, 0.6) is 0 Å². The lowest BCUT2D eigenvalue weighted by atomic mass is 9.98. The Kier molecular flexibility index (Phi) is 20.6. The molecular formula is C49H86O12. The number of unbranched alkanes of at least 4 members (excludes halogenated alkanes) is 19. The molecule has 1 aliphatic heterocycles. The fourth-order valence-corrected chi connectivity index (χ4v) is 7.52. The maximum Gasteiger partial charge on any atom is 0.303 e. The molecule has 0 bridgehead atoms. The summed E-state index contributed by atoms with van der Waals surface area (Å²) in [7, 11) is 0. The Hall–Kier alpha value is -2.99. The maximum atomic E-state index is 13.1. The van der Waals surface area contributed by atoms with Crippen LogP contribution in [-0.2, 0) is 57.1 Å². The fraction of sp³-hybridized carbons (Fsp3) is 0.857. The van der Waals surface area contributed by atoms with Gasteiger partial charge in [-0.05, 0) is 43.3 Å². The Labute approximate surface area is 390 Å². The number of esters is 5. The Morgan fingerprint density at radius 3 is 1.57 bits per heavy atom. The van der Waals surface area contributed by atoms with Crippen LogP contribution in [0.1, 0.15) is 236 Å². The first-order chi connectivity index (χ1) is 35.3. The molecule has 1 heterocycles. The van der Waals surface area contributed by atoms with Gasteiger partial charge in [-0.3, -0.25) is 24.0 Å². The van der Waals surface area contributed by atoms with Gasteiger partial charge >= 0.3 is 29.8 Å². The molecule has 1 aliphatic rings. The first-order valence-corrected chi connectivity index (χ1v) is 22.8. The van der Waals surface area contributed by atoms with E-state index >= 15 is 0 Å². The van der Waals surface area contributed by atoms with Crippen molar-refractivity contribution in [2.24, 2.45) is 5.92 Å². The highest BCUT2D eigenvalue weighted by Crippen LogP contribution is 2.31. The van der Waals surface area contributed by atoms with E-state index in [2.05, 4.69) is 20.8 Å². The zero-order valence-electron chi connectivity index (χ0n) is 52.1. The minimum atomic E-state index is -3.60. The van der Waals surface area contributed by atoms with Crippen LogP contribution >= 0.6 is 0 Å². The van der Waals surface area contributed by atoms with Crippen molar-refractivity contribution in [1.82, 2.24) is 0 Å². The molecule has 61 heavy (non-hydrogen) atoms. The summed E-state index contributed by atoms with van der Waals surface area (Å²) < 4.78 is 152. The zero-order chi connectivity index (χ0) is 57.8. The Bertz CT molecular complexity index is 1730. The van der Waals surface area contributed by atoms with Gasteiger partial charge in [-0.2, -0.15) is 0 Å². The molecule has 12 nitrogen and oxygen atoms in total. The summed E-state index contributed by atoms with van der Waals surface area (Å²) in [5.74, 6) is -8.67. The van der Waals surface area contributed by atoms with E-state index in [1.807, 2.05) is 0 Å². The molecule has 0 aliphatic carbocycles. The fourth-order valence-electron chi connectivity index (χ4n) is 7.52. The number of rotatable bonds is 36. The molecule has 0 aromatic heterocycles. The second kappa shape index (κ2) is 35.5. The van der Waals surface area contributed by atoms with Gasteiger partial charge in [0.2, 0.25) is 0 Å². The second-order valence-electron chi connectivity index (χ2n) is 16.2. The molecule has 1 fully saturated rings. The summed E-state index contributed by atoms with van der Waals surface area (Å²) in [5.41, 5.74) is 0.352. The molecule has 12 heteroatoms. The zero-order valence-corrected chi connectivity index (χ0v) is 37.1. The standard InChI is InChI=1S/C49H86O12/c1-9-11-12-13-14-15-16-17-20-23-26-29-32-43(34-44(57-39(5)51)33-30-27-24-21-18-19-22-25-28-31-37(3)10-2)35-56-49-48(60-42(8)54)47(59-41(7)53)46(58-40(6)52)45(61-49)36-55-38(4)50/h34,37,44-49H,9-33,35-36H2,1-8H3/b43-34+/t37?,44-,45+,46+,47-,48+,49+/m0/s1/i4D3,5D3,6D3,7D3,8D3. The van der Waals surface area contributed by atoms with Crippen LogP contribution in [0.3, 0.4) is 0 Å². The number of hydrogen-bond acceptors (Lipinski definition) is 12. The van der Waals surface area contributed by atoms with Gasteiger partial charge < -0.3 is 33.2 Å². The van der Waals surface area contributed by atoms with E-state index in [0.29, 0.717) is 24.8 Å². The van der Waals surface area contributed by atoms with Crippen molar-refractivity contribution in [3.05, 3.63) is 11.6 Å². The molecule has 0 amide bonds. The molecule has 7 atom stereocenters. The largest absolute Gasteiger partial charge is 0.463 e. The molecule has 1 saturated heterocycles. The Morgan fingerprint density at radius 2 is 1.05 bits per heavy atom. The third-order valence-corrected chi connectivity index (χ3v) is 11.0. The van der Waals surface area contributed by atoms with Gasteiger partial charge in [0, 0.05) is 54.8 Å². The lowest BCUT2D eigenvalue weighted by Gasteiger charge is -2.44. The van der Waals surface area contributed by atoms with Gasteiger partial charge in [0.1, 0.15) is 18.8 Å². The lowest BCUT2D eigenvalue weighted by molar-refractivity contribution is -0.306. The quantitative estimate of drug-likeness (QED) is 0.0255. The average Bonchev–Trinajstić information content (AvgIpc) is 3.31. The second-order valence-corrected chi connectivity index (χ2v) is 16.2. The minimum Gasteiger partial charge on any atom is -0.463 e. The summed E-state index contributed by atoms with van der Waals surface area (Å²) in [6, 6.07) is 0. The van der Waals surface area contributed by atoms with Gasteiger partial charge in [-0.25, -0.2) is 0 Å². The van der Waals surface area contributed by atoms with Crippen LogP contribution in [0, 0.1) is 5.92 Å². The summed E-state index contributed by atoms with van der Waals surface area (Å²) in [4.78, 5) is 64.4. The molecule has 354 valence electrons. The van der Waals surface area contributed by atoms with Gasteiger partial charge in [0.15, 0.2) is 24.6 Å². The predicted octanol–water partition coefficient (Wildman–Crippen LogP) is 11.4. The monoisotopic (exact) mass is 882 g/mol. The molecule has 0 spiro atoms. The van der Waals surface area contributed by atoms with Crippen molar-refractivity contribution in [3.63, 3.8) is 0 Å². The molecule has 0 N–H and O–H groups in total. The highest BCUT2D eigenvalue weighted by molar-refractivity contribution is 5.69. The van der Waals surface area contributed by atoms with Gasteiger partial charge in [0.25, 0.3) is 0 Å². The normalized spacial score (nSPS) is 24.7. The highest BCUT2D eigenvalue weighted by Gasteiger charge is 2.52. The van der Waals surface area contributed by atoms with Crippen molar-refractivity contribution >= 4 is 29.8 Å². The third-order valence-electron chi connectivity index (χ3n) is 11.0. The minimum absolute atomic E-state index is 0.193.